The van der Waals surface area contributed by atoms with Gasteiger partial charge in [-0.1, -0.05) is 6.07 Å². The largest absolute Gasteiger partial charge is 0.340 e. The van der Waals surface area contributed by atoms with Crippen LogP contribution in [0.2, 0.25) is 0 Å². The monoisotopic (exact) mass is 344 g/mol. The Labute approximate surface area is 146 Å². The normalized spacial score (nSPS) is 24.2. The van der Waals surface area contributed by atoms with Gasteiger partial charge in [0.25, 0.3) is 0 Å². The molecule has 0 amide bonds. The van der Waals surface area contributed by atoms with E-state index in [4.69, 9.17) is 0 Å². The first-order valence-electron chi connectivity index (χ1n) is 8.82. The molecule has 1 aromatic heterocycles. The molecule has 1 spiro atoms. The second-order valence-corrected chi connectivity index (χ2v) is 7.28. The minimum atomic E-state index is -0.784. The Hall–Kier alpha value is -2.08. The summed E-state index contributed by atoms with van der Waals surface area (Å²) >= 11 is 0. The molecule has 0 radical (unpaired) electrons. The lowest BCUT2D eigenvalue weighted by Crippen LogP contribution is -2.44. The Balaban J connectivity index is 1.43. The number of halogens is 2. The molecule has 0 N–H and O–H groups in total. The van der Waals surface area contributed by atoms with Crippen LogP contribution >= 0.6 is 0 Å². The Morgan fingerprint density at radius 2 is 1.84 bits per heavy atom. The number of hydrogen-bond acceptors (Lipinski definition) is 4. The molecular formula is C19H22F2N4. The van der Waals surface area contributed by atoms with Gasteiger partial charge in [0.2, 0.25) is 5.95 Å². The molecule has 0 bridgehead atoms. The highest BCUT2D eigenvalue weighted by molar-refractivity contribution is 5.32. The smallest absolute Gasteiger partial charge is 0.225 e. The van der Waals surface area contributed by atoms with Gasteiger partial charge in [0, 0.05) is 44.0 Å². The molecule has 2 aliphatic rings. The molecule has 2 aromatic rings. The van der Waals surface area contributed by atoms with Crippen molar-refractivity contribution >= 4 is 5.95 Å². The Morgan fingerprint density at radius 1 is 1.00 bits per heavy atom. The van der Waals surface area contributed by atoms with Gasteiger partial charge in [0.1, 0.15) is 0 Å². The topological polar surface area (TPSA) is 32.3 Å². The molecule has 1 atom stereocenters. The van der Waals surface area contributed by atoms with E-state index < -0.39 is 11.6 Å². The number of benzene rings is 1. The maximum Gasteiger partial charge on any atom is 0.225 e. The van der Waals surface area contributed by atoms with Crippen molar-refractivity contribution < 1.29 is 8.78 Å². The van der Waals surface area contributed by atoms with E-state index in [9.17, 15) is 8.78 Å². The molecule has 0 aliphatic carbocycles. The zero-order valence-electron chi connectivity index (χ0n) is 14.2. The highest BCUT2D eigenvalue weighted by Gasteiger charge is 2.41. The maximum atomic E-state index is 13.5. The van der Waals surface area contributed by atoms with Crippen LogP contribution in [0, 0.1) is 17.0 Å². The number of nitrogens with zero attached hydrogens (tertiary/aromatic N) is 4. The standard InChI is InChI=1S/C19H22F2N4/c20-16-4-3-15(11-17(16)21)12-24-9-1-5-19(13-24)6-10-25(14-19)18-22-7-2-8-23-18/h2-4,7-8,11H,1,5-6,9-10,12-14H2/t19-/m0/s1. The third-order valence-electron chi connectivity index (χ3n) is 5.40. The molecule has 0 unspecified atom stereocenters. The molecule has 2 fully saturated rings. The lowest BCUT2D eigenvalue weighted by Gasteiger charge is -2.40. The van der Waals surface area contributed by atoms with Gasteiger partial charge >= 0.3 is 0 Å². The van der Waals surface area contributed by atoms with Crippen molar-refractivity contribution in [1.82, 2.24) is 14.9 Å². The molecule has 1 aromatic carbocycles. The van der Waals surface area contributed by atoms with E-state index in [1.165, 1.54) is 18.6 Å². The minimum Gasteiger partial charge on any atom is -0.340 e. The SMILES string of the molecule is Fc1ccc(CN2CCC[C@]3(CCN(c4ncccn4)C3)C2)cc1F. The summed E-state index contributed by atoms with van der Waals surface area (Å²) in [6.45, 7) is 4.59. The van der Waals surface area contributed by atoms with Crippen LogP contribution in [-0.4, -0.2) is 41.0 Å². The predicted octanol–water partition coefficient (Wildman–Crippen LogP) is 3.25. The molecule has 132 valence electrons. The summed E-state index contributed by atoms with van der Waals surface area (Å²) in [6, 6.07) is 6.04. The minimum absolute atomic E-state index is 0.246. The summed E-state index contributed by atoms with van der Waals surface area (Å²) in [6.07, 6.45) is 7.02. The first kappa shape index (κ1) is 16.4. The number of hydrogen-bond donors (Lipinski definition) is 0. The first-order chi connectivity index (χ1) is 12.1. The van der Waals surface area contributed by atoms with E-state index in [2.05, 4.69) is 19.8 Å². The van der Waals surface area contributed by atoms with Crippen LogP contribution in [0.15, 0.2) is 36.7 Å². The molecular weight excluding hydrogens is 322 g/mol. The second kappa shape index (κ2) is 6.67. The van der Waals surface area contributed by atoms with Crippen LogP contribution < -0.4 is 4.90 Å². The molecule has 2 saturated heterocycles. The number of rotatable bonds is 3. The van der Waals surface area contributed by atoms with E-state index in [1.807, 2.05) is 6.07 Å². The summed E-state index contributed by atoms with van der Waals surface area (Å²) in [7, 11) is 0. The lowest BCUT2D eigenvalue weighted by atomic mass is 9.79. The van der Waals surface area contributed by atoms with E-state index in [-0.39, 0.29) is 5.41 Å². The first-order valence-corrected chi connectivity index (χ1v) is 8.82. The maximum absolute atomic E-state index is 13.5. The molecule has 3 heterocycles. The van der Waals surface area contributed by atoms with Crippen LogP contribution in [0.25, 0.3) is 0 Å². The van der Waals surface area contributed by atoms with Crippen molar-refractivity contribution in [3.8, 4) is 0 Å². The highest BCUT2D eigenvalue weighted by atomic mass is 19.2. The van der Waals surface area contributed by atoms with Crippen molar-refractivity contribution in [2.24, 2.45) is 5.41 Å². The number of aromatic nitrogens is 2. The fraction of sp³-hybridized carbons (Fsp3) is 0.474. The van der Waals surface area contributed by atoms with E-state index in [0.717, 1.165) is 50.5 Å². The Kier molecular flexibility index (Phi) is 4.37. The second-order valence-electron chi connectivity index (χ2n) is 7.28. The van der Waals surface area contributed by atoms with Crippen molar-refractivity contribution in [2.75, 3.05) is 31.1 Å². The molecule has 25 heavy (non-hydrogen) atoms. The fourth-order valence-corrected chi connectivity index (χ4v) is 4.23. The van der Waals surface area contributed by atoms with E-state index in [0.29, 0.717) is 6.54 Å². The summed E-state index contributed by atoms with van der Waals surface area (Å²) in [4.78, 5) is 13.4. The van der Waals surface area contributed by atoms with E-state index in [1.54, 1.807) is 18.5 Å². The number of piperidine rings is 1. The molecule has 6 heteroatoms. The Morgan fingerprint density at radius 3 is 2.64 bits per heavy atom. The van der Waals surface area contributed by atoms with Crippen molar-refractivity contribution in [2.45, 2.75) is 25.8 Å². The third-order valence-corrected chi connectivity index (χ3v) is 5.40. The third kappa shape index (κ3) is 3.49. The van der Waals surface area contributed by atoms with Crippen LogP contribution in [0.4, 0.5) is 14.7 Å². The number of likely N-dealkylation sites (tertiary alicyclic amines) is 1. The zero-order valence-corrected chi connectivity index (χ0v) is 14.2. The summed E-state index contributed by atoms with van der Waals surface area (Å²) in [5, 5.41) is 0. The van der Waals surface area contributed by atoms with Gasteiger partial charge in [-0.2, -0.15) is 0 Å². The van der Waals surface area contributed by atoms with Gasteiger partial charge in [-0.05, 0) is 49.6 Å². The van der Waals surface area contributed by atoms with Gasteiger partial charge in [-0.3, -0.25) is 4.90 Å². The molecule has 4 rings (SSSR count). The van der Waals surface area contributed by atoms with Crippen molar-refractivity contribution in [3.05, 3.63) is 53.9 Å². The van der Waals surface area contributed by atoms with Crippen LogP contribution in [0.3, 0.4) is 0 Å². The van der Waals surface area contributed by atoms with Crippen LogP contribution in [0.1, 0.15) is 24.8 Å². The summed E-state index contributed by atoms with van der Waals surface area (Å²) < 4.78 is 26.6. The highest BCUT2D eigenvalue weighted by Crippen LogP contribution is 2.40. The number of anilines is 1. The predicted molar refractivity (Wildman–Crippen MR) is 92.2 cm³/mol. The van der Waals surface area contributed by atoms with Gasteiger partial charge < -0.3 is 4.90 Å². The van der Waals surface area contributed by atoms with Gasteiger partial charge in [-0.15, -0.1) is 0 Å². The fourth-order valence-electron chi connectivity index (χ4n) is 4.23. The average Bonchev–Trinajstić information content (AvgIpc) is 3.02. The van der Waals surface area contributed by atoms with Gasteiger partial charge in [0.05, 0.1) is 0 Å². The average molecular weight is 344 g/mol. The molecule has 2 aliphatic heterocycles. The van der Waals surface area contributed by atoms with Crippen LogP contribution in [-0.2, 0) is 6.54 Å². The van der Waals surface area contributed by atoms with Crippen molar-refractivity contribution in [3.63, 3.8) is 0 Å². The van der Waals surface area contributed by atoms with Crippen molar-refractivity contribution in [1.29, 1.82) is 0 Å². The van der Waals surface area contributed by atoms with Crippen LogP contribution in [0.5, 0.6) is 0 Å². The Bertz CT molecular complexity index is 739. The molecule has 4 nitrogen and oxygen atoms in total. The lowest BCUT2D eigenvalue weighted by molar-refractivity contribution is 0.0990. The summed E-state index contributed by atoms with van der Waals surface area (Å²) in [5.41, 5.74) is 1.08. The van der Waals surface area contributed by atoms with E-state index >= 15 is 0 Å². The quantitative estimate of drug-likeness (QED) is 0.856. The molecule has 0 saturated carbocycles. The summed E-state index contributed by atoms with van der Waals surface area (Å²) in [5.74, 6) is -0.747. The zero-order chi connectivity index (χ0) is 17.3. The van der Waals surface area contributed by atoms with Gasteiger partial charge in [-0.25, -0.2) is 18.7 Å². The van der Waals surface area contributed by atoms with Gasteiger partial charge in [0.15, 0.2) is 11.6 Å².